The van der Waals surface area contributed by atoms with E-state index in [0.29, 0.717) is 12.2 Å². The molecule has 6 heteroatoms. The lowest BCUT2D eigenvalue weighted by molar-refractivity contribution is -0.152. The minimum Gasteiger partial charge on any atom is -0.464 e. The molecular weight excluding hydrogens is 324 g/mol. The van der Waals surface area contributed by atoms with Crippen LogP contribution in [-0.4, -0.2) is 37.5 Å². The summed E-state index contributed by atoms with van der Waals surface area (Å²) in [6, 6.07) is 6.45. The zero-order valence-corrected chi connectivity index (χ0v) is 14.9. The third-order valence-corrected chi connectivity index (χ3v) is 3.44. The molecule has 0 spiro atoms. The lowest BCUT2D eigenvalue weighted by Gasteiger charge is -2.08. The number of carbonyl (C=O) groups excluding carboxylic acids is 3. The highest BCUT2D eigenvalue weighted by Crippen LogP contribution is 2.18. The molecule has 0 aliphatic heterocycles. The van der Waals surface area contributed by atoms with Gasteiger partial charge in [-0.2, -0.15) is 0 Å². The van der Waals surface area contributed by atoms with E-state index in [0.717, 1.165) is 19.3 Å². The second-order valence-electron chi connectivity index (χ2n) is 5.65. The van der Waals surface area contributed by atoms with Gasteiger partial charge < -0.3 is 14.2 Å². The van der Waals surface area contributed by atoms with Crippen LogP contribution in [0.4, 0.5) is 0 Å². The number of hydrogen-bond donors (Lipinski definition) is 0. The summed E-state index contributed by atoms with van der Waals surface area (Å²) in [5.41, 5.74) is 0.318. The normalized spacial score (nSPS) is 10.3. The molecule has 1 aromatic rings. The monoisotopic (exact) mass is 350 g/mol. The first kappa shape index (κ1) is 20.8. The maximum Gasteiger partial charge on any atom is 0.337 e. The van der Waals surface area contributed by atoms with Crippen LogP contribution in [0.3, 0.4) is 0 Å². The van der Waals surface area contributed by atoms with Gasteiger partial charge in [-0.25, -0.2) is 9.59 Å². The van der Waals surface area contributed by atoms with Crippen LogP contribution in [-0.2, 0) is 19.1 Å². The van der Waals surface area contributed by atoms with Gasteiger partial charge in [0, 0.05) is 0 Å². The lowest BCUT2D eigenvalue weighted by Crippen LogP contribution is -2.21. The molecule has 1 aromatic carbocycles. The summed E-state index contributed by atoms with van der Waals surface area (Å²) in [5.74, 6) is -1.21. The number of ether oxygens (including phenoxy) is 3. The van der Waals surface area contributed by atoms with Gasteiger partial charge in [-0.1, -0.05) is 44.7 Å². The molecule has 0 aliphatic carbocycles. The number of Topliss-reactive ketones (excluding diaryl/α,β-unsaturated/α-hetero) is 1. The summed E-state index contributed by atoms with van der Waals surface area (Å²) in [6.07, 6.45) is 5.35. The van der Waals surface area contributed by atoms with E-state index in [1.165, 1.54) is 25.8 Å². The fourth-order valence-corrected chi connectivity index (χ4v) is 2.15. The Hall–Kier alpha value is -2.21. The van der Waals surface area contributed by atoms with Crippen LogP contribution in [0.2, 0.25) is 0 Å². The van der Waals surface area contributed by atoms with Crippen LogP contribution in [0.25, 0.3) is 0 Å². The van der Waals surface area contributed by atoms with Gasteiger partial charge in [0.15, 0.2) is 5.78 Å². The minimum absolute atomic E-state index is 0.179. The first-order valence-corrected chi connectivity index (χ1v) is 8.58. The van der Waals surface area contributed by atoms with Crippen molar-refractivity contribution in [1.82, 2.24) is 0 Å². The van der Waals surface area contributed by atoms with E-state index >= 15 is 0 Å². The van der Waals surface area contributed by atoms with Gasteiger partial charge in [0.1, 0.15) is 19.0 Å². The largest absolute Gasteiger partial charge is 0.464 e. The van der Waals surface area contributed by atoms with Crippen molar-refractivity contribution in [3.63, 3.8) is 0 Å². The van der Waals surface area contributed by atoms with Crippen molar-refractivity contribution in [3.8, 4) is 5.75 Å². The van der Waals surface area contributed by atoms with Crippen LogP contribution < -0.4 is 4.74 Å². The van der Waals surface area contributed by atoms with E-state index in [2.05, 4.69) is 6.92 Å². The molecule has 0 amide bonds. The smallest absolute Gasteiger partial charge is 0.337 e. The predicted octanol–water partition coefficient (Wildman–Crippen LogP) is 3.32. The Bertz CT molecular complexity index is 567. The summed E-state index contributed by atoms with van der Waals surface area (Å²) in [6.45, 7) is 3.20. The number of hydrogen-bond acceptors (Lipinski definition) is 6. The highest BCUT2D eigenvalue weighted by Gasteiger charge is 2.13. The molecule has 0 radical (unpaired) electrons. The predicted molar refractivity (Wildman–Crippen MR) is 92.6 cm³/mol. The van der Waals surface area contributed by atoms with Crippen molar-refractivity contribution in [1.29, 1.82) is 0 Å². The summed E-state index contributed by atoms with van der Waals surface area (Å²) in [5, 5.41) is 0. The molecule has 0 bridgehead atoms. The SMILES string of the molecule is CCCCCCCOC(=O)COCC(=O)Oc1ccccc1C(C)=O. The molecule has 0 unspecified atom stereocenters. The zero-order valence-electron chi connectivity index (χ0n) is 14.9. The van der Waals surface area contributed by atoms with Gasteiger partial charge in [-0.05, 0) is 25.5 Å². The number of para-hydroxylation sites is 1. The van der Waals surface area contributed by atoms with Crippen LogP contribution in [0.5, 0.6) is 5.75 Å². The molecule has 0 N–H and O–H groups in total. The van der Waals surface area contributed by atoms with E-state index in [1.54, 1.807) is 18.2 Å². The molecule has 25 heavy (non-hydrogen) atoms. The second-order valence-corrected chi connectivity index (χ2v) is 5.65. The maximum absolute atomic E-state index is 11.7. The van der Waals surface area contributed by atoms with Gasteiger partial charge >= 0.3 is 11.9 Å². The quantitative estimate of drug-likeness (QED) is 0.249. The fraction of sp³-hybridized carbons (Fsp3) is 0.526. The van der Waals surface area contributed by atoms with Crippen molar-refractivity contribution in [2.45, 2.75) is 46.0 Å². The molecular formula is C19H26O6. The molecule has 0 fully saturated rings. The van der Waals surface area contributed by atoms with Gasteiger partial charge in [0.25, 0.3) is 0 Å². The van der Waals surface area contributed by atoms with Crippen molar-refractivity contribution in [3.05, 3.63) is 29.8 Å². The minimum atomic E-state index is -0.680. The Kier molecular flexibility index (Phi) is 10.2. The van der Waals surface area contributed by atoms with Crippen molar-refractivity contribution >= 4 is 17.7 Å². The molecule has 0 aliphatic rings. The van der Waals surface area contributed by atoms with Crippen LogP contribution >= 0.6 is 0 Å². The van der Waals surface area contributed by atoms with E-state index in [-0.39, 0.29) is 18.1 Å². The summed E-state index contributed by atoms with van der Waals surface area (Å²) in [4.78, 5) is 34.6. The highest BCUT2D eigenvalue weighted by molar-refractivity contribution is 5.97. The number of carbonyl (C=O) groups is 3. The maximum atomic E-state index is 11.7. The molecule has 0 atom stereocenters. The van der Waals surface area contributed by atoms with Crippen LogP contribution in [0, 0.1) is 0 Å². The summed E-state index contributed by atoms with van der Waals surface area (Å²) >= 11 is 0. The standard InChI is InChI=1S/C19H26O6/c1-3-4-5-6-9-12-24-18(21)13-23-14-19(22)25-17-11-8-7-10-16(17)15(2)20/h7-8,10-11H,3-6,9,12-14H2,1-2H3. The second kappa shape index (κ2) is 12.2. The Labute approximate surface area is 148 Å². The molecule has 6 nitrogen and oxygen atoms in total. The molecule has 138 valence electrons. The van der Waals surface area contributed by atoms with E-state index in [9.17, 15) is 14.4 Å². The number of unbranched alkanes of at least 4 members (excludes halogenated alkanes) is 4. The average molecular weight is 350 g/mol. The Balaban J connectivity index is 2.20. The van der Waals surface area contributed by atoms with E-state index < -0.39 is 18.5 Å². The number of rotatable bonds is 12. The third-order valence-electron chi connectivity index (χ3n) is 3.44. The Morgan fingerprint density at radius 1 is 0.920 bits per heavy atom. The first-order valence-electron chi connectivity index (χ1n) is 8.58. The lowest BCUT2D eigenvalue weighted by atomic mass is 10.1. The molecule has 1 rings (SSSR count). The Morgan fingerprint density at radius 2 is 1.60 bits per heavy atom. The number of esters is 2. The molecule has 0 saturated carbocycles. The average Bonchev–Trinajstić information content (AvgIpc) is 2.58. The first-order chi connectivity index (χ1) is 12.0. The van der Waals surface area contributed by atoms with E-state index in [4.69, 9.17) is 14.2 Å². The molecule has 0 aromatic heterocycles. The van der Waals surface area contributed by atoms with Gasteiger partial charge in [-0.3, -0.25) is 4.79 Å². The van der Waals surface area contributed by atoms with Crippen LogP contribution in [0.1, 0.15) is 56.3 Å². The van der Waals surface area contributed by atoms with Crippen molar-refractivity contribution in [2.75, 3.05) is 19.8 Å². The van der Waals surface area contributed by atoms with Crippen LogP contribution in [0.15, 0.2) is 24.3 Å². The van der Waals surface area contributed by atoms with E-state index in [1.807, 2.05) is 0 Å². The third kappa shape index (κ3) is 9.00. The number of ketones is 1. The van der Waals surface area contributed by atoms with Crippen molar-refractivity contribution < 1.29 is 28.6 Å². The highest BCUT2D eigenvalue weighted by atomic mass is 16.6. The summed E-state index contributed by atoms with van der Waals surface area (Å²) < 4.78 is 15.1. The number of benzene rings is 1. The van der Waals surface area contributed by atoms with Crippen molar-refractivity contribution in [2.24, 2.45) is 0 Å². The van der Waals surface area contributed by atoms with Gasteiger partial charge in [-0.15, -0.1) is 0 Å². The summed E-state index contributed by atoms with van der Waals surface area (Å²) in [7, 11) is 0. The fourth-order valence-electron chi connectivity index (χ4n) is 2.15. The molecule has 0 saturated heterocycles. The van der Waals surface area contributed by atoms with Gasteiger partial charge in [0.2, 0.25) is 0 Å². The molecule has 0 heterocycles. The Morgan fingerprint density at radius 3 is 2.32 bits per heavy atom. The topological polar surface area (TPSA) is 78.9 Å². The zero-order chi connectivity index (χ0) is 18.5. The van der Waals surface area contributed by atoms with Gasteiger partial charge in [0.05, 0.1) is 12.2 Å².